The number of rotatable bonds is 116. The number of aliphatic hydroxyl groups excluding tert-OH is 2. The van der Waals surface area contributed by atoms with Crippen LogP contribution < -0.4 is 5.48 Å². The van der Waals surface area contributed by atoms with Crippen LogP contribution in [0.4, 0.5) is 0 Å². The summed E-state index contributed by atoms with van der Waals surface area (Å²) >= 11 is 0. The van der Waals surface area contributed by atoms with E-state index in [4.69, 9.17) is 186 Å². The van der Waals surface area contributed by atoms with Crippen molar-refractivity contribution in [1.29, 1.82) is 0 Å². The molecule has 0 fully saturated rings. The summed E-state index contributed by atoms with van der Waals surface area (Å²) in [5.74, 6) is 0. The van der Waals surface area contributed by atoms with Gasteiger partial charge in [0.05, 0.1) is 482 Å². The van der Waals surface area contributed by atoms with Crippen LogP contribution in [0.5, 0.6) is 0 Å². The zero-order chi connectivity index (χ0) is 84.7. The molecule has 40 nitrogen and oxygen atoms in total. The molecular weight excluding hydrogens is 1590 g/mol. The quantitative estimate of drug-likeness (QED) is 0.0543. The van der Waals surface area contributed by atoms with Crippen molar-refractivity contribution in [2.75, 3.05) is 502 Å². The summed E-state index contributed by atoms with van der Waals surface area (Å²) in [5, 5.41) is 17.3. The van der Waals surface area contributed by atoms with E-state index in [-0.39, 0.29) is 13.2 Å². The molecule has 40 heteroatoms. The molecule has 0 aromatic heterocycles. The lowest BCUT2D eigenvalue weighted by atomic mass is 10.3. The molecule has 0 aromatic rings. The van der Waals surface area contributed by atoms with Gasteiger partial charge in [0.15, 0.2) is 0 Å². The zero-order valence-electron chi connectivity index (χ0n) is 72.4. The van der Waals surface area contributed by atoms with E-state index in [9.17, 15) is 0 Å². The van der Waals surface area contributed by atoms with Crippen LogP contribution in [0.2, 0.25) is 0 Å². The van der Waals surface area contributed by atoms with Crippen molar-refractivity contribution in [2.24, 2.45) is 0 Å². The van der Waals surface area contributed by atoms with Crippen LogP contribution >= 0.6 is 0 Å². The fourth-order valence-corrected chi connectivity index (χ4v) is 8.58. The summed E-state index contributed by atoms with van der Waals surface area (Å²) in [4.78, 5) is 5.50. The van der Waals surface area contributed by atoms with Crippen molar-refractivity contribution in [1.82, 2.24) is 5.48 Å². The number of ether oxygens (including phenoxy) is 36. The lowest BCUT2D eigenvalue weighted by Gasteiger charge is -2.09. The third-order valence-electron chi connectivity index (χ3n) is 14.6. The van der Waals surface area contributed by atoms with Crippen molar-refractivity contribution < 1.29 is 186 Å². The maximum Gasteiger partial charge on any atom is 0.0701 e. The van der Waals surface area contributed by atoms with Crippen molar-refractivity contribution in [3.63, 3.8) is 0 Å². The van der Waals surface area contributed by atoms with Crippen molar-refractivity contribution in [3.05, 3.63) is 0 Å². The lowest BCUT2D eigenvalue weighted by molar-refractivity contribution is -0.0311. The van der Waals surface area contributed by atoms with E-state index in [1.165, 1.54) is 0 Å². The van der Waals surface area contributed by atoms with Crippen LogP contribution in [-0.2, 0) is 175 Å². The number of aliphatic hydroxyl groups is 2. The van der Waals surface area contributed by atoms with Crippen LogP contribution in [0, 0.1) is 0 Å². The molecule has 0 aliphatic carbocycles. The molecule has 0 saturated carbocycles. The van der Waals surface area contributed by atoms with Crippen LogP contribution in [0.3, 0.4) is 0 Å². The summed E-state index contributed by atoms with van der Waals surface area (Å²) < 4.78 is 198. The van der Waals surface area contributed by atoms with E-state index >= 15 is 0 Å². The first kappa shape index (κ1) is 117. The molecular formula is C79H161NO39. The Bertz CT molecular complexity index is 1550. The summed E-state index contributed by atoms with van der Waals surface area (Å²) in [6.45, 7) is 36.3. The molecule has 716 valence electrons. The van der Waals surface area contributed by atoms with Crippen LogP contribution in [0.15, 0.2) is 0 Å². The second-order valence-electron chi connectivity index (χ2n) is 24.3. The van der Waals surface area contributed by atoms with Gasteiger partial charge in [0.25, 0.3) is 0 Å². The third-order valence-corrected chi connectivity index (χ3v) is 14.6. The first-order valence-electron chi connectivity index (χ1n) is 42.8. The minimum Gasteiger partial charge on any atom is -0.394 e. The molecule has 0 aliphatic heterocycles. The Kier molecular flexibility index (Phi) is 115. The Hall–Kier alpha value is -1.60. The number of hydrogen-bond acceptors (Lipinski definition) is 40. The predicted octanol–water partition coefficient (Wildman–Crippen LogP) is 0.260. The van der Waals surface area contributed by atoms with Gasteiger partial charge in [-0.2, -0.15) is 0 Å². The summed E-state index contributed by atoms with van der Waals surface area (Å²) in [5.41, 5.74) is 2.98. The third kappa shape index (κ3) is 116. The highest BCUT2D eigenvalue weighted by Gasteiger charge is 2.05. The van der Waals surface area contributed by atoms with Gasteiger partial charge in [-0.3, -0.25) is 0 Å². The second kappa shape index (κ2) is 116. The number of nitrogens with one attached hydrogen (secondary N) is 1. The zero-order valence-corrected chi connectivity index (χ0v) is 72.4. The Morgan fingerprint density at radius 2 is 0.193 bits per heavy atom. The minimum atomic E-state index is 0.0153. The first-order valence-corrected chi connectivity index (χ1v) is 42.8. The molecule has 0 atom stereocenters. The highest BCUT2D eigenvalue weighted by Crippen LogP contribution is 1.97. The lowest BCUT2D eigenvalue weighted by Crippen LogP contribution is -2.19. The molecule has 0 heterocycles. The molecule has 0 radical (unpaired) electrons. The monoisotopic (exact) mass is 1750 g/mol. The molecule has 0 aromatic carbocycles. The molecule has 0 spiro atoms. The SMILES string of the molecule is OCCOCCOCCOCCOCCOCCOCCOCCOCCOCCOCCOCCOCCOCCOCCOCCOCCOCCOCCCCONCCCOCCOCCOCCOCCOCCOCCOCCOCCOCCOCCOCCOCCOCCOCCOCCOCCOCCOCCO. The summed E-state index contributed by atoms with van der Waals surface area (Å²) in [7, 11) is 0. The topological polar surface area (TPSA) is 394 Å². The van der Waals surface area contributed by atoms with Gasteiger partial charge in [-0.1, -0.05) is 0 Å². The maximum absolute atomic E-state index is 8.63. The van der Waals surface area contributed by atoms with Gasteiger partial charge in [-0.15, -0.1) is 0 Å². The van der Waals surface area contributed by atoms with E-state index in [0.717, 1.165) is 19.3 Å². The van der Waals surface area contributed by atoms with Crippen LogP contribution in [-0.4, -0.2) is 512 Å². The number of hydrogen-bond donors (Lipinski definition) is 3. The molecule has 0 unspecified atom stereocenters. The van der Waals surface area contributed by atoms with Gasteiger partial charge in [-0.05, 0) is 19.3 Å². The minimum absolute atomic E-state index is 0.0153. The Labute approximate surface area is 709 Å². The van der Waals surface area contributed by atoms with Gasteiger partial charge in [0.2, 0.25) is 0 Å². The van der Waals surface area contributed by atoms with E-state index in [0.29, 0.717) is 489 Å². The van der Waals surface area contributed by atoms with Gasteiger partial charge in [0, 0.05) is 19.8 Å². The molecule has 0 aliphatic rings. The highest BCUT2D eigenvalue weighted by atomic mass is 16.7. The molecule has 0 saturated heterocycles. The van der Waals surface area contributed by atoms with Gasteiger partial charge >= 0.3 is 0 Å². The van der Waals surface area contributed by atoms with Crippen molar-refractivity contribution in [2.45, 2.75) is 19.3 Å². The van der Waals surface area contributed by atoms with E-state index < -0.39 is 0 Å². The fourth-order valence-electron chi connectivity index (χ4n) is 8.58. The largest absolute Gasteiger partial charge is 0.394 e. The number of unbranched alkanes of at least 4 members (excludes halogenated alkanes) is 1. The van der Waals surface area contributed by atoms with Crippen LogP contribution in [0.25, 0.3) is 0 Å². The maximum atomic E-state index is 8.63. The van der Waals surface area contributed by atoms with Crippen molar-refractivity contribution in [3.8, 4) is 0 Å². The Morgan fingerprint density at radius 3 is 0.311 bits per heavy atom. The highest BCUT2D eigenvalue weighted by molar-refractivity contribution is 4.48. The summed E-state index contributed by atoms with van der Waals surface area (Å²) in [6.07, 6.45) is 2.62. The molecule has 0 rings (SSSR count). The van der Waals surface area contributed by atoms with Gasteiger partial charge in [0.1, 0.15) is 0 Å². The smallest absolute Gasteiger partial charge is 0.0701 e. The average molecular weight is 1750 g/mol. The second-order valence-corrected chi connectivity index (χ2v) is 24.3. The van der Waals surface area contributed by atoms with E-state index in [2.05, 4.69) is 5.48 Å². The molecule has 0 bridgehead atoms. The summed E-state index contributed by atoms with van der Waals surface area (Å²) in [6, 6.07) is 0. The first-order chi connectivity index (χ1) is 59.4. The molecule has 0 amide bonds. The van der Waals surface area contributed by atoms with Gasteiger partial charge < -0.3 is 186 Å². The normalized spacial score (nSPS) is 11.8. The standard InChI is InChI=1S/C79H161NO39/c81-5-10-85-14-18-89-22-26-93-30-34-97-38-42-101-46-50-105-54-58-109-62-66-113-70-74-117-78-76-115-72-68-111-64-60-107-56-52-103-48-44-99-40-36-95-32-28-91-24-20-87-16-12-83-7-1-2-9-119-80-4-3-8-84-13-17-88-21-25-92-29-33-96-37-41-100-45-49-104-53-57-108-61-65-112-69-73-116-77-79-118-75-71-114-67-63-110-59-55-106-51-47-102-43-39-98-35-31-94-27-23-90-19-15-86-11-6-82/h80-82H,1-79H2. The average Bonchev–Trinajstić information content (AvgIpc) is 1.70. The van der Waals surface area contributed by atoms with E-state index in [1.54, 1.807) is 0 Å². The fraction of sp³-hybridized carbons (Fsp3) is 1.00. The van der Waals surface area contributed by atoms with E-state index in [1.807, 2.05) is 0 Å². The molecule has 3 N–H and O–H groups in total. The van der Waals surface area contributed by atoms with Crippen LogP contribution in [0.1, 0.15) is 19.3 Å². The molecule has 119 heavy (non-hydrogen) atoms. The predicted molar refractivity (Wildman–Crippen MR) is 431 cm³/mol. The Morgan fingerprint density at radius 1 is 0.101 bits per heavy atom. The Balaban J connectivity index is 3.10. The van der Waals surface area contributed by atoms with Crippen molar-refractivity contribution >= 4 is 0 Å². The van der Waals surface area contributed by atoms with Gasteiger partial charge in [-0.25, -0.2) is 5.48 Å². The number of hydroxylamine groups is 1.